The highest BCUT2D eigenvalue weighted by Gasteiger charge is 2.37. The first-order valence-electron chi connectivity index (χ1n) is 18.7. The monoisotopic (exact) mass is 675 g/mol. The predicted molar refractivity (Wildman–Crippen MR) is 227 cm³/mol. The van der Waals surface area contributed by atoms with Gasteiger partial charge in [-0.05, 0) is 112 Å². The lowest BCUT2D eigenvalue weighted by Crippen LogP contribution is -2.14. The molecule has 1 aromatic heterocycles. The molecule has 0 bridgehead atoms. The molecule has 11 rings (SSSR count). The van der Waals surface area contributed by atoms with Crippen molar-refractivity contribution in [2.24, 2.45) is 7.05 Å². The molecule has 1 aliphatic carbocycles. The molecule has 0 amide bonds. The number of fused-ring (bicyclic) bond motifs is 9. The first kappa shape index (κ1) is 30.2. The molecule has 1 aliphatic rings. The smallest absolute Gasteiger partial charge is 0.0489 e. The van der Waals surface area contributed by atoms with Gasteiger partial charge >= 0.3 is 0 Å². The van der Waals surface area contributed by atoms with Crippen molar-refractivity contribution in [3.05, 3.63) is 181 Å². The van der Waals surface area contributed by atoms with Crippen LogP contribution < -0.4 is 0 Å². The Morgan fingerprint density at radius 1 is 0.358 bits per heavy atom. The van der Waals surface area contributed by atoms with Crippen molar-refractivity contribution in [1.82, 2.24) is 4.57 Å². The molecule has 0 fully saturated rings. The normalized spacial score (nSPS) is 13.3. The lowest BCUT2D eigenvalue weighted by atomic mass is 9.80. The molecule has 0 atom stereocenters. The van der Waals surface area contributed by atoms with Crippen molar-refractivity contribution in [1.29, 1.82) is 0 Å². The fourth-order valence-electron chi connectivity index (χ4n) is 9.71. The predicted octanol–water partition coefficient (Wildman–Crippen LogP) is 14.1. The van der Waals surface area contributed by atoms with Crippen LogP contribution in [0.1, 0.15) is 25.0 Å². The van der Waals surface area contributed by atoms with Crippen LogP contribution in [0.4, 0.5) is 0 Å². The fourth-order valence-corrected chi connectivity index (χ4v) is 9.71. The van der Waals surface area contributed by atoms with Crippen LogP contribution in [-0.4, -0.2) is 4.57 Å². The van der Waals surface area contributed by atoms with Crippen LogP contribution in [0.15, 0.2) is 170 Å². The molecule has 1 heteroatoms. The molecule has 53 heavy (non-hydrogen) atoms. The zero-order valence-electron chi connectivity index (χ0n) is 30.1. The number of nitrogens with zero attached hydrogens (tertiary/aromatic N) is 1. The van der Waals surface area contributed by atoms with Gasteiger partial charge in [0.1, 0.15) is 0 Å². The zero-order chi connectivity index (χ0) is 35.4. The molecule has 0 saturated carbocycles. The average molecular weight is 676 g/mol. The van der Waals surface area contributed by atoms with Crippen LogP contribution in [0, 0.1) is 0 Å². The number of para-hydroxylation sites is 1. The summed E-state index contributed by atoms with van der Waals surface area (Å²) in [6, 6.07) is 63.6. The van der Waals surface area contributed by atoms with Crippen molar-refractivity contribution in [2.75, 3.05) is 0 Å². The van der Waals surface area contributed by atoms with E-state index in [0.717, 1.165) is 0 Å². The third-order valence-electron chi connectivity index (χ3n) is 12.2. The Morgan fingerprint density at radius 2 is 0.925 bits per heavy atom. The number of benzene rings is 9. The molecule has 0 spiro atoms. The van der Waals surface area contributed by atoms with Crippen molar-refractivity contribution in [2.45, 2.75) is 19.3 Å². The summed E-state index contributed by atoms with van der Waals surface area (Å²) in [5.41, 5.74) is 15.5. The molecule has 10 aromatic rings. The van der Waals surface area contributed by atoms with Crippen LogP contribution in [0.5, 0.6) is 0 Å². The van der Waals surface area contributed by atoms with Gasteiger partial charge < -0.3 is 4.57 Å². The summed E-state index contributed by atoms with van der Waals surface area (Å²) in [5.74, 6) is 0. The van der Waals surface area contributed by atoms with Gasteiger partial charge in [0, 0.05) is 34.3 Å². The fraction of sp³-hybridized carbons (Fsp3) is 0.0769. The van der Waals surface area contributed by atoms with Crippen LogP contribution in [0.3, 0.4) is 0 Å². The first-order chi connectivity index (χ1) is 26.0. The third-order valence-corrected chi connectivity index (χ3v) is 12.2. The minimum absolute atomic E-state index is 0.0878. The largest absolute Gasteiger partial charge is 0.344 e. The molecule has 1 heterocycles. The molecule has 9 aromatic carbocycles. The van der Waals surface area contributed by atoms with Crippen molar-refractivity contribution in [3.8, 4) is 44.5 Å². The molecule has 0 unspecified atom stereocenters. The Kier molecular flexibility index (Phi) is 6.29. The average Bonchev–Trinajstić information content (AvgIpc) is 3.62. The quantitative estimate of drug-likeness (QED) is 0.164. The van der Waals surface area contributed by atoms with E-state index in [1.54, 1.807) is 0 Å². The summed E-state index contributed by atoms with van der Waals surface area (Å²) in [7, 11) is 2.18. The SMILES string of the molecule is Cn1c2ccccc2c2cc(-c3c4ccccc4c(-c4cccc5c4-c4ccccc4C5(C)C)c4cc(-c5cccc6ccccc56)ccc34)ccc21. The maximum absolute atomic E-state index is 2.48. The summed E-state index contributed by atoms with van der Waals surface area (Å²) in [6.07, 6.45) is 0. The van der Waals surface area contributed by atoms with Gasteiger partial charge in [0.15, 0.2) is 0 Å². The molecular formula is C52H37N. The number of aryl methyl sites for hydroxylation is 1. The summed E-state index contributed by atoms with van der Waals surface area (Å²) >= 11 is 0. The molecule has 0 N–H and O–H groups in total. The lowest BCUT2D eigenvalue weighted by molar-refractivity contribution is 0.660. The summed E-state index contributed by atoms with van der Waals surface area (Å²) in [6.45, 7) is 4.76. The Morgan fingerprint density at radius 3 is 1.79 bits per heavy atom. The molecule has 0 radical (unpaired) electrons. The summed E-state index contributed by atoms with van der Waals surface area (Å²) in [4.78, 5) is 0. The first-order valence-corrected chi connectivity index (χ1v) is 18.7. The Labute approximate surface area is 309 Å². The second-order valence-corrected chi connectivity index (χ2v) is 15.3. The summed E-state index contributed by atoms with van der Waals surface area (Å²) < 4.78 is 2.32. The molecule has 0 aliphatic heterocycles. The van der Waals surface area contributed by atoms with Crippen LogP contribution in [-0.2, 0) is 12.5 Å². The maximum Gasteiger partial charge on any atom is 0.0489 e. The number of rotatable bonds is 3. The second-order valence-electron chi connectivity index (χ2n) is 15.3. The van der Waals surface area contributed by atoms with E-state index < -0.39 is 0 Å². The molecular weight excluding hydrogens is 639 g/mol. The van der Waals surface area contributed by atoms with Crippen LogP contribution in [0.25, 0.3) is 98.6 Å². The van der Waals surface area contributed by atoms with Gasteiger partial charge in [0.05, 0.1) is 0 Å². The Balaban J connectivity index is 1.29. The van der Waals surface area contributed by atoms with Gasteiger partial charge in [-0.25, -0.2) is 0 Å². The molecule has 0 saturated heterocycles. The lowest BCUT2D eigenvalue weighted by Gasteiger charge is -2.23. The highest BCUT2D eigenvalue weighted by molar-refractivity contribution is 6.24. The second kappa shape index (κ2) is 11.0. The van der Waals surface area contributed by atoms with E-state index in [0.29, 0.717) is 0 Å². The highest BCUT2D eigenvalue weighted by Crippen LogP contribution is 2.55. The van der Waals surface area contributed by atoms with E-state index in [9.17, 15) is 0 Å². The van der Waals surface area contributed by atoms with E-state index in [1.807, 2.05) is 0 Å². The van der Waals surface area contributed by atoms with Gasteiger partial charge in [-0.3, -0.25) is 0 Å². The van der Waals surface area contributed by atoms with E-state index >= 15 is 0 Å². The standard InChI is InChI=1S/C52H37N/c1-52(2)45-23-10-8-20-41(45)51-42(22-13-24-46(51)52)50-39-19-7-6-18-38(39)49(34-27-29-48-43(31-34)37-17-9-11-25-47(37)53(48)3)40-28-26-33(30-44(40)50)36-21-12-15-32-14-4-5-16-35(32)36/h4-31H,1-3H3. The van der Waals surface area contributed by atoms with Gasteiger partial charge in [0.2, 0.25) is 0 Å². The summed E-state index contributed by atoms with van der Waals surface area (Å²) in [5, 5.41) is 10.2. The van der Waals surface area contributed by atoms with Gasteiger partial charge in [-0.2, -0.15) is 0 Å². The van der Waals surface area contributed by atoms with Gasteiger partial charge in [-0.1, -0.05) is 159 Å². The molecule has 250 valence electrons. The maximum atomic E-state index is 2.48. The zero-order valence-corrected chi connectivity index (χ0v) is 30.1. The minimum Gasteiger partial charge on any atom is -0.344 e. The van der Waals surface area contributed by atoms with E-state index in [4.69, 9.17) is 0 Å². The topological polar surface area (TPSA) is 4.93 Å². The molecule has 1 nitrogen and oxygen atoms in total. The van der Waals surface area contributed by atoms with E-state index in [1.165, 1.54) is 110 Å². The Hall–Kier alpha value is -6.44. The number of aromatic nitrogens is 1. The number of hydrogen-bond donors (Lipinski definition) is 0. The van der Waals surface area contributed by atoms with Crippen molar-refractivity contribution < 1.29 is 0 Å². The number of hydrogen-bond acceptors (Lipinski definition) is 0. The van der Waals surface area contributed by atoms with Crippen molar-refractivity contribution in [3.63, 3.8) is 0 Å². The van der Waals surface area contributed by atoms with Crippen LogP contribution >= 0.6 is 0 Å². The highest BCUT2D eigenvalue weighted by atomic mass is 14.9. The van der Waals surface area contributed by atoms with Crippen LogP contribution in [0.2, 0.25) is 0 Å². The minimum atomic E-state index is -0.0878. The van der Waals surface area contributed by atoms with E-state index in [2.05, 4.69) is 195 Å². The van der Waals surface area contributed by atoms with E-state index in [-0.39, 0.29) is 5.41 Å². The van der Waals surface area contributed by atoms with Gasteiger partial charge in [0.25, 0.3) is 0 Å². The van der Waals surface area contributed by atoms with Crippen molar-refractivity contribution >= 4 is 54.1 Å². The Bertz CT molecular complexity index is 3150. The van der Waals surface area contributed by atoms with Gasteiger partial charge in [-0.15, -0.1) is 0 Å². The third kappa shape index (κ3) is 4.19.